The van der Waals surface area contributed by atoms with Gasteiger partial charge in [0.25, 0.3) is 0 Å². The fraction of sp³-hybridized carbons (Fsp3) is 0.286. The molecule has 0 saturated carbocycles. The summed E-state index contributed by atoms with van der Waals surface area (Å²) in [6.45, 7) is -0.359. The average Bonchev–Trinajstić information content (AvgIpc) is 2.43. The summed E-state index contributed by atoms with van der Waals surface area (Å²) in [7, 11) is 0. The van der Waals surface area contributed by atoms with Crippen LogP contribution in [0.1, 0.15) is 18.5 Å². The first-order valence-electron chi connectivity index (χ1n) is 6.48. The minimum atomic E-state index is -4.66. The Morgan fingerprint density at radius 3 is 2.70 bits per heavy atom. The van der Waals surface area contributed by atoms with Gasteiger partial charge in [-0.2, -0.15) is 13.2 Å². The minimum absolute atomic E-state index is 0.0780. The number of aromatic hydroxyl groups is 1. The molecule has 0 aromatic heterocycles. The quantitative estimate of drug-likeness (QED) is 0.741. The third-order valence-corrected chi connectivity index (χ3v) is 3.06. The molecule has 2 amide bonds. The Kier molecular flexibility index (Phi) is 4.48. The Balaban J connectivity index is 2.33. The van der Waals surface area contributed by atoms with Crippen LogP contribution in [0.15, 0.2) is 35.5 Å². The van der Waals surface area contributed by atoms with Crippen molar-refractivity contribution in [1.82, 2.24) is 10.6 Å². The predicted molar refractivity (Wildman–Crippen MR) is 72.2 cm³/mol. The number of benzene rings is 1. The first-order valence-corrected chi connectivity index (χ1v) is 6.48. The van der Waals surface area contributed by atoms with Crippen molar-refractivity contribution in [1.29, 1.82) is 0 Å². The smallest absolute Gasteiger partial charge is 0.422 e. The fourth-order valence-electron chi connectivity index (χ4n) is 2.14. The number of alkyl halides is 3. The number of rotatable bonds is 3. The molecule has 1 aromatic carbocycles. The van der Waals surface area contributed by atoms with Gasteiger partial charge in [0.2, 0.25) is 0 Å². The summed E-state index contributed by atoms with van der Waals surface area (Å²) in [6.07, 6.45) is -4.66. The van der Waals surface area contributed by atoms with Gasteiger partial charge in [0, 0.05) is 5.70 Å². The van der Waals surface area contributed by atoms with Gasteiger partial charge in [-0.15, -0.1) is 0 Å². The van der Waals surface area contributed by atoms with E-state index in [1.807, 2.05) is 0 Å². The highest BCUT2D eigenvalue weighted by molar-refractivity contribution is 5.95. The Labute approximate surface area is 128 Å². The lowest BCUT2D eigenvalue weighted by Crippen LogP contribution is -2.45. The van der Waals surface area contributed by atoms with Crippen LogP contribution in [0.3, 0.4) is 0 Å². The number of ether oxygens (including phenoxy) is 1. The number of carbonyl (C=O) groups is 2. The van der Waals surface area contributed by atoms with E-state index in [9.17, 15) is 27.9 Å². The van der Waals surface area contributed by atoms with E-state index in [4.69, 9.17) is 0 Å². The summed E-state index contributed by atoms with van der Waals surface area (Å²) in [6, 6.07) is 4.01. The van der Waals surface area contributed by atoms with E-state index < -0.39 is 30.8 Å². The van der Waals surface area contributed by atoms with Gasteiger partial charge in [-0.1, -0.05) is 12.1 Å². The molecule has 1 aliphatic rings. The number of urea groups is 1. The van der Waals surface area contributed by atoms with Crippen LogP contribution in [0.25, 0.3) is 0 Å². The Morgan fingerprint density at radius 2 is 2.09 bits per heavy atom. The lowest BCUT2D eigenvalue weighted by molar-refractivity contribution is -0.183. The number of phenols is 1. The topological polar surface area (TPSA) is 87.7 Å². The normalized spacial score (nSPS) is 18.3. The van der Waals surface area contributed by atoms with Gasteiger partial charge in [-0.3, -0.25) is 0 Å². The SMILES string of the molecule is CC1=C(C(=O)OCC(F)(F)F)[C@@H](c2cccc(O)c2)NC(=O)N1. The molecule has 1 atom stereocenters. The largest absolute Gasteiger partial charge is 0.508 e. The Hall–Kier alpha value is -2.71. The number of amides is 2. The lowest BCUT2D eigenvalue weighted by Gasteiger charge is -2.28. The molecule has 0 spiro atoms. The number of phenolic OH excluding ortho intramolecular Hbond substituents is 1. The molecule has 0 bridgehead atoms. The van der Waals surface area contributed by atoms with Gasteiger partial charge < -0.3 is 20.5 Å². The molecule has 1 aliphatic heterocycles. The maximum absolute atomic E-state index is 12.2. The van der Waals surface area contributed by atoms with Crippen molar-refractivity contribution in [3.8, 4) is 5.75 Å². The van der Waals surface area contributed by atoms with Crippen LogP contribution in [0.4, 0.5) is 18.0 Å². The first-order chi connectivity index (χ1) is 10.7. The summed E-state index contributed by atoms with van der Waals surface area (Å²) in [5.74, 6) is -1.32. The molecule has 2 rings (SSSR count). The minimum Gasteiger partial charge on any atom is -0.508 e. The number of hydrogen-bond donors (Lipinski definition) is 3. The highest BCUT2D eigenvalue weighted by atomic mass is 19.4. The molecule has 1 heterocycles. The molecule has 1 aromatic rings. The summed E-state index contributed by atoms with van der Waals surface area (Å²) in [5, 5.41) is 14.2. The third-order valence-electron chi connectivity index (χ3n) is 3.06. The van der Waals surface area contributed by atoms with Crippen molar-refractivity contribution in [3.63, 3.8) is 0 Å². The van der Waals surface area contributed by atoms with Gasteiger partial charge in [-0.25, -0.2) is 9.59 Å². The van der Waals surface area contributed by atoms with Gasteiger partial charge >= 0.3 is 18.2 Å². The van der Waals surface area contributed by atoms with Crippen molar-refractivity contribution in [2.24, 2.45) is 0 Å². The number of nitrogens with one attached hydrogen (secondary N) is 2. The molecule has 6 nitrogen and oxygen atoms in total. The standard InChI is InChI=1S/C14H13F3N2O4/c1-7-10(12(21)23-6-14(15,16)17)11(19-13(22)18-7)8-3-2-4-9(20)5-8/h2-5,11,20H,6H2,1H3,(H2,18,19,22)/t11-/m1/s1. The second kappa shape index (κ2) is 6.19. The van der Waals surface area contributed by atoms with Gasteiger partial charge in [0.15, 0.2) is 6.61 Å². The summed E-state index contributed by atoms with van der Waals surface area (Å²) >= 11 is 0. The van der Waals surface area contributed by atoms with Crippen LogP contribution in [0, 0.1) is 0 Å². The Morgan fingerprint density at radius 1 is 1.39 bits per heavy atom. The van der Waals surface area contributed by atoms with E-state index in [1.54, 1.807) is 0 Å². The number of hydrogen-bond acceptors (Lipinski definition) is 4. The molecular weight excluding hydrogens is 317 g/mol. The highest BCUT2D eigenvalue weighted by Gasteiger charge is 2.35. The molecule has 0 fully saturated rings. The summed E-state index contributed by atoms with van der Waals surface area (Å²) < 4.78 is 40.9. The van der Waals surface area contributed by atoms with Crippen molar-refractivity contribution in [2.45, 2.75) is 19.1 Å². The zero-order valence-electron chi connectivity index (χ0n) is 11.9. The average molecular weight is 330 g/mol. The maximum Gasteiger partial charge on any atom is 0.422 e. The number of carbonyl (C=O) groups excluding carboxylic acids is 2. The number of esters is 1. The predicted octanol–water partition coefficient (Wildman–Crippen LogP) is 2.13. The molecule has 23 heavy (non-hydrogen) atoms. The maximum atomic E-state index is 12.2. The number of allylic oxidation sites excluding steroid dienone is 1. The van der Waals surface area contributed by atoms with Crippen LogP contribution in [0.2, 0.25) is 0 Å². The van der Waals surface area contributed by atoms with Crippen LogP contribution in [-0.2, 0) is 9.53 Å². The molecule has 0 saturated heterocycles. The van der Waals surface area contributed by atoms with Crippen LogP contribution < -0.4 is 10.6 Å². The molecule has 0 radical (unpaired) electrons. The van der Waals surface area contributed by atoms with Crippen molar-refractivity contribution in [3.05, 3.63) is 41.1 Å². The summed E-state index contributed by atoms with van der Waals surface area (Å²) in [5.41, 5.74) is 0.242. The monoisotopic (exact) mass is 330 g/mol. The van der Waals surface area contributed by atoms with E-state index in [1.165, 1.54) is 31.2 Å². The number of halogens is 3. The van der Waals surface area contributed by atoms with E-state index in [0.29, 0.717) is 5.56 Å². The third kappa shape index (κ3) is 4.15. The second-order valence-electron chi connectivity index (χ2n) is 4.86. The fourth-order valence-corrected chi connectivity index (χ4v) is 2.14. The summed E-state index contributed by atoms with van der Waals surface area (Å²) in [4.78, 5) is 23.6. The van der Waals surface area contributed by atoms with Crippen molar-refractivity contribution >= 4 is 12.0 Å². The molecule has 0 unspecified atom stereocenters. The molecule has 0 aliphatic carbocycles. The zero-order valence-corrected chi connectivity index (χ0v) is 11.9. The highest BCUT2D eigenvalue weighted by Crippen LogP contribution is 2.29. The molecule has 124 valence electrons. The molecular formula is C14H13F3N2O4. The van der Waals surface area contributed by atoms with E-state index in [-0.39, 0.29) is 17.0 Å². The van der Waals surface area contributed by atoms with Crippen LogP contribution in [-0.4, -0.2) is 29.9 Å². The van der Waals surface area contributed by atoms with Gasteiger partial charge in [0.05, 0.1) is 11.6 Å². The Bertz CT molecular complexity index is 670. The van der Waals surface area contributed by atoms with Crippen molar-refractivity contribution in [2.75, 3.05) is 6.61 Å². The molecule has 9 heteroatoms. The van der Waals surface area contributed by atoms with Gasteiger partial charge in [-0.05, 0) is 24.6 Å². The van der Waals surface area contributed by atoms with Crippen molar-refractivity contribution < 1.29 is 32.6 Å². The van der Waals surface area contributed by atoms with Crippen LogP contribution in [0.5, 0.6) is 5.75 Å². The second-order valence-corrected chi connectivity index (χ2v) is 4.86. The van der Waals surface area contributed by atoms with E-state index in [0.717, 1.165) is 0 Å². The zero-order chi connectivity index (χ0) is 17.2. The lowest BCUT2D eigenvalue weighted by atomic mass is 9.95. The van der Waals surface area contributed by atoms with E-state index in [2.05, 4.69) is 15.4 Å². The molecule has 3 N–H and O–H groups in total. The first kappa shape index (κ1) is 16.7. The van der Waals surface area contributed by atoms with E-state index >= 15 is 0 Å². The van der Waals surface area contributed by atoms with Crippen LogP contribution >= 0.6 is 0 Å². The van der Waals surface area contributed by atoms with Gasteiger partial charge in [0.1, 0.15) is 5.75 Å².